The van der Waals surface area contributed by atoms with Crippen LogP contribution in [0.1, 0.15) is 6.42 Å². The number of esters is 1. The second-order valence-corrected chi connectivity index (χ2v) is 6.85. The van der Waals surface area contributed by atoms with Crippen LogP contribution in [0.25, 0.3) is 22.3 Å². The normalized spacial score (nSPS) is 10.9. The number of hydrogen-bond donors (Lipinski definition) is 0. The van der Waals surface area contributed by atoms with Gasteiger partial charge in [-0.2, -0.15) is 0 Å². The maximum Gasteiger partial charge on any atom is 0.309 e. The summed E-state index contributed by atoms with van der Waals surface area (Å²) in [6.45, 7) is 0. The van der Waals surface area contributed by atoms with E-state index in [2.05, 4.69) is 4.74 Å². The van der Waals surface area contributed by atoms with E-state index >= 15 is 0 Å². The van der Waals surface area contributed by atoms with Gasteiger partial charge in [-0.3, -0.25) is 9.59 Å². The molecule has 1 aromatic heterocycles. The fourth-order valence-corrected chi connectivity index (χ4v) is 3.18. The number of benzene rings is 2. The molecule has 0 saturated carbocycles. The molecule has 0 aliphatic rings. The zero-order valence-corrected chi connectivity index (χ0v) is 18.6. The second-order valence-electron chi connectivity index (χ2n) is 6.41. The SMILES string of the molecule is COC(=O)C/C=C/Oc1c(-c2cc(OC)c(OC)c(OC)c2)oc2ccc(Cl)cc2c1=O. The highest BCUT2D eigenvalue weighted by Crippen LogP contribution is 2.43. The molecule has 168 valence electrons. The lowest BCUT2D eigenvalue weighted by atomic mass is 10.1. The molecule has 0 aliphatic carbocycles. The fourth-order valence-electron chi connectivity index (χ4n) is 3.00. The van der Waals surface area contributed by atoms with Crippen molar-refractivity contribution in [1.29, 1.82) is 0 Å². The molecule has 0 fully saturated rings. The van der Waals surface area contributed by atoms with E-state index in [1.165, 1.54) is 46.8 Å². The molecule has 0 atom stereocenters. The van der Waals surface area contributed by atoms with Crippen LogP contribution in [0.2, 0.25) is 5.02 Å². The van der Waals surface area contributed by atoms with Crippen LogP contribution < -0.4 is 24.4 Å². The van der Waals surface area contributed by atoms with Gasteiger partial charge in [0.25, 0.3) is 0 Å². The summed E-state index contributed by atoms with van der Waals surface area (Å²) in [5.74, 6) is 0.698. The van der Waals surface area contributed by atoms with E-state index in [4.69, 9.17) is 35.0 Å². The van der Waals surface area contributed by atoms with Gasteiger partial charge in [-0.15, -0.1) is 0 Å². The monoisotopic (exact) mass is 460 g/mol. The molecule has 0 unspecified atom stereocenters. The third kappa shape index (κ3) is 4.65. The Morgan fingerprint density at radius 3 is 2.28 bits per heavy atom. The average Bonchev–Trinajstić information content (AvgIpc) is 2.81. The largest absolute Gasteiger partial charge is 0.493 e. The molecule has 0 saturated heterocycles. The van der Waals surface area contributed by atoms with Crippen LogP contribution in [0.3, 0.4) is 0 Å². The molecule has 0 spiro atoms. The number of hydrogen-bond acceptors (Lipinski definition) is 8. The van der Waals surface area contributed by atoms with Gasteiger partial charge in [0.2, 0.25) is 16.9 Å². The minimum absolute atomic E-state index is 0.0270. The molecule has 0 radical (unpaired) electrons. The van der Waals surface area contributed by atoms with Crippen LogP contribution in [-0.2, 0) is 9.53 Å². The summed E-state index contributed by atoms with van der Waals surface area (Å²) >= 11 is 6.06. The topological polar surface area (TPSA) is 93.4 Å². The van der Waals surface area contributed by atoms with E-state index in [0.29, 0.717) is 33.4 Å². The second kappa shape index (κ2) is 10.1. The van der Waals surface area contributed by atoms with Crippen molar-refractivity contribution in [2.75, 3.05) is 28.4 Å². The molecule has 0 aliphatic heterocycles. The van der Waals surface area contributed by atoms with Gasteiger partial charge >= 0.3 is 5.97 Å². The van der Waals surface area contributed by atoms with Gasteiger partial charge in [0.1, 0.15) is 5.58 Å². The fraction of sp³-hybridized carbons (Fsp3) is 0.217. The molecule has 3 aromatic rings. The van der Waals surface area contributed by atoms with Crippen molar-refractivity contribution in [2.24, 2.45) is 0 Å². The molecular formula is C23H21ClO8. The third-order valence-corrected chi connectivity index (χ3v) is 4.77. The van der Waals surface area contributed by atoms with E-state index in [9.17, 15) is 9.59 Å². The molecule has 0 amide bonds. The van der Waals surface area contributed by atoms with Crippen molar-refractivity contribution >= 4 is 28.5 Å². The van der Waals surface area contributed by atoms with Gasteiger partial charge < -0.3 is 28.1 Å². The van der Waals surface area contributed by atoms with Crippen molar-refractivity contribution in [3.8, 4) is 34.3 Å². The summed E-state index contributed by atoms with van der Waals surface area (Å²) in [6.07, 6.45) is 2.62. The zero-order valence-electron chi connectivity index (χ0n) is 17.9. The number of rotatable bonds is 8. The van der Waals surface area contributed by atoms with E-state index in [-0.39, 0.29) is 23.3 Å². The predicted octanol–water partition coefficient (Wildman–Crippen LogP) is 4.59. The molecular weight excluding hydrogens is 440 g/mol. The number of fused-ring (bicyclic) bond motifs is 1. The van der Waals surface area contributed by atoms with Gasteiger partial charge in [-0.05, 0) is 36.4 Å². The first kappa shape index (κ1) is 23.0. The Morgan fingerprint density at radius 1 is 1.00 bits per heavy atom. The third-order valence-electron chi connectivity index (χ3n) is 4.53. The van der Waals surface area contributed by atoms with Crippen LogP contribution in [0, 0.1) is 0 Å². The Kier molecular flexibility index (Phi) is 7.27. The highest BCUT2D eigenvalue weighted by Gasteiger charge is 2.22. The summed E-state index contributed by atoms with van der Waals surface area (Å²) in [7, 11) is 5.72. The lowest BCUT2D eigenvalue weighted by Crippen LogP contribution is -2.08. The van der Waals surface area contributed by atoms with Gasteiger partial charge in [0.05, 0.1) is 46.5 Å². The Morgan fingerprint density at radius 2 is 1.69 bits per heavy atom. The molecule has 3 rings (SSSR count). The minimum atomic E-state index is -0.452. The number of methoxy groups -OCH3 is 4. The predicted molar refractivity (Wildman–Crippen MR) is 119 cm³/mol. The van der Waals surface area contributed by atoms with Gasteiger partial charge in [0.15, 0.2) is 17.3 Å². The smallest absolute Gasteiger partial charge is 0.309 e. The zero-order chi connectivity index (χ0) is 23.3. The lowest BCUT2D eigenvalue weighted by molar-refractivity contribution is -0.139. The number of carbonyl (C=O) groups excluding carboxylic acids is 1. The lowest BCUT2D eigenvalue weighted by Gasteiger charge is -2.15. The summed E-state index contributed by atoms with van der Waals surface area (Å²) in [4.78, 5) is 24.6. The van der Waals surface area contributed by atoms with Crippen LogP contribution >= 0.6 is 11.6 Å². The first-order chi connectivity index (χ1) is 15.4. The molecule has 0 bridgehead atoms. The molecule has 0 N–H and O–H groups in total. The van der Waals surface area contributed by atoms with Crippen LogP contribution in [0.4, 0.5) is 0 Å². The van der Waals surface area contributed by atoms with Gasteiger partial charge in [-0.25, -0.2) is 0 Å². The van der Waals surface area contributed by atoms with Crippen molar-refractivity contribution in [1.82, 2.24) is 0 Å². The van der Waals surface area contributed by atoms with Crippen LogP contribution in [0.5, 0.6) is 23.0 Å². The molecule has 8 nitrogen and oxygen atoms in total. The summed E-state index contributed by atoms with van der Waals surface area (Å²) in [5.41, 5.74) is 0.319. The molecule has 32 heavy (non-hydrogen) atoms. The maximum absolute atomic E-state index is 13.2. The van der Waals surface area contributed by atoms with E-state index in [1.807, 2.05) is 0 Å². The standard InChI is InChI=1S/C23H21ClO8/c1-27-17-10-13(11-18(28-2)22(17)30-4)21-23(31-9-5-6-19(25)29-3)20(26)15-12-14(24)7-8-16(15)32-21/h5,7-12H,6H2,1-4H3/b9-5+. The quantitative estimate of drug-likeness (QED) is 0.356. The average molecular weight is 461 g/mol. The summed E-state index contributed by atoms with van der Waals surface area (Å²) in [6, 6.07) is 7.96. The highest BCUT2D eigenvalue weighted by atomic mass is 35.5. The number of carbonyl (C=O) groups is 1. The van der Waals surface area contributed by atoms with Crippen molar-refractivity contribution in [3.63, 3.8) is 0 Å². The summed E-state index contributed by atoms with van der Waals surface area (Å²) in [5, 5.41) is 0.613. The Hall–Kier alpha value is -3.65. The number of halogens is 1. The van der Waals surface area contributed by atoms with Crippen LogP contribution in [-0.4, -0.2) is 34.4 Å². The molecule has 2 aromatic carbocycles. The minimum Gasteiger partial charge on any atom is -0.493 e. The van der Waals surface area contributed by atoms with Gasteiger partial charge in [-0.1, -0.05) is 11.6 Å². The summed E-state index contributed by atoms with van der Waals surface area (Å²) < 4.78 is 32.4. The van der Waals surface area contributed by atoms with E-state index < -0.39 is 11.4 Å². The first-order valence-corrected chi connectivity index (χ1v) is 9.76. The maximum atomic E-state index is 13.2. The number of ether oxygens (including phenoxy) is 5. The van der Waals surface area contributed by atoms with E-state index in [1.54, 1.807) is 24.3 Å². The Balaban J connectivity index is 2.22. The van der Waals surface area contributed by atoms with Crippen molar-refractivity contribution in [3.05, 3.63) is 57.9 Å². The molecule has 9 heteroatoms. The van der Waals surface area contributed by atoms with Gasteiger partial charge in [0, 0.05) is 10.6 Å². The van der Waals surface area contributed by atoms with E-state index in [0.717, 1.165) is 0 Å². The first-order valence-electron chi connectivity index (χ1n) is 9.38. The molecule has 1 heterocycles. The van der Waals surface area contributed by atoms with Crippen LogP contribution in [0.15, 0.2) is 51.9 Å². The van der Waals surface area contributed by atoms with Crippen molar-refractivity contribution < 1.29 is 32.9 Å². The van der Waals surface area contributed by atoms with Crippen molar-refractivity contribution in [2.45, 2.75) is 6.42 Å². The Labute approximate surface area is 188 Å². The highest BCUT2D eigenvalue weighted by molar-refractivity contribution is 6.31. The Bertz CT molecular complexity index is 1200.